The summed E-state index contributed by atoms with van der Waals surface area (Å²) < 4.78 is 0. The maximum Gasteiger partial charge on any atom is 0.223 e. The van der Waals surface area contributed by atoms with E-state index in [-0.39, 0.29) is 17.7 Å². The Kier molecular flexibility index (Phi) is 5.12. The molecule has 0 saturated heterocycles. The van der Waals surface area contributed by atoms with Crippen molar-refractivity contribution in [3.8, 4) is 0 Å². The van der Waals surface area contributed by atoms with Crippen molar-refractivity contribution in [1.29, 1.82) is 0 Å². The smallest absolute Gasteiger partial charge is 0.223 e. The third-order valence-electron chi connectivity index (χ3n) is 4.01. The summed E-state index contributed by atoms with van der Waals surface area (Å²) >= 11 is 0. The summed E-state index contributed by atoms with van der Waals surface area (Å²) in [5.74, 6) is 0.178. The molecule has 0 spiro atoms. The highest BCUT2D eigenvalue weighted by atomic mass is 16.2. The van der Waals surface area contributed by atoms with E-state index in [0.717, 1.165) is 42.6 Å². The first-order chi connectivity index (χ1) is 10.0. The van der Waals surface area contributed by atoms with Gasteiger partial charge < -0.3 is 10.2 Å². The zero-order valence-electron chi connectivity index (χ0n) is 13.1. The van der Waals surface area contributed by atoms with Crippen LogP contribution in [0.1, 0.15) is 49.5 Å². The number of fused-ring (bicyclic) bond motifs is 1. The average Bonchev–Trinajstić information content (AvgIpc) is 2.89. The van der Waals surface area contributed by atoms with Crippen LogP contribution in [0.4, 0.5) is 5.69 Å². The van der Waals surface area contributed by atoms with Crippen LogP contribution in [0.25, 0.3) is 0 Å². The SMILES string of the molecule is CCCCNC(C)C(=O)c1ccc2c(c1)CCN2C(C)=O. The van der Waals surface area contributed by atoms with E-state index in [4.69, 9.17) is 0 Å². The molecule has 0 aromatic heterocycles. The number of anilines is 1. The normalized spacial score (nSPS) is 14.9. The molecule has 0 fully saturated rings. The van der Waals surface area contributed by atoms with Crippen LogP contribution in [0.5, 0.6) is 0 Å². The molecule has 4 nitrogen and oxygen atoms in total. The summed E-state index contributed by atoms with van der Waals surface area (Å²) in [6.45, 7) is 7.20. The number of carbonyl (C=O) groups is 2. The van der Waals surface area contributed by atoms with Crippen molar-refractivity contribution in [3.05, 3.63) is 29.3 Å². The van der Waals surface area contributed by atoms with Crippen molar-refractivity contribution >= 4 is 17.4 Å². The van der Waals surface area contributed by atoms with Gasteiger partial charge in [-0.15, -0.1) is 0 Å². The minimum absolute atomic E-state index is 0.0578. The molecule has 0 saturated carbocycles. The van der Waals surface area contributed by atoms with E-state index in [9.17, 15) is 9.59 Å². The topological polar surface area (TPSA) is 49.4 Å². The van der Waals surface area contributed by atoms with Crippen LogP contribution in [0.2, 0.25) is 0 Å². The van der Waals surface area contributed by atoms with Gasteiger partial charge in [0.25, 0.3) is 0 Å². The summed E-state index contributed by atoms with van der Waals surface area (Å²) in [6, 6.07) is 5.51. The van der Waals surface area contributed by atoms with Crippen LogP contribution < -0.4 is 10.2 Å². The average molecular weight is 288 g/mol. The molecule has 1 aromatic rings. The molecule has 1 unspecified atom stereocenters. The van der Waals surface area contributed by atoms with Gasteiger partial charge in [-0.05, 0) is 50.1 Å². The fourth-order valence-corrected chi connectivity index (χ4v) is 2.72. The second-order valence-corrected chi connectivity index (χ2v) is 5.66. The Labute approximate surface area is 126 Å². The minimum Gasteiger partial charge on any atom is -0.312 e. The highest BCUT2D eigenvalue weighted by Crippen LogP contribution is 2.29. The molecule has 1 aromatic carbocycles. The van der Waals surface area contributed by atoms with Crippen molar-refractivity contribution in [3.63, 3.8) is 0 Å². The highest BCUT2D eigenvalue weighted by molar-refractivity contribution is 6.01. The van der Waals surface area contributed by atoms with Crippen molar-refractivity contribution in [2.75, 3.05) is 18.0 Å². The van der Waals surface area contributed by atoms with E-state index in [1.165, 1.54) is 0 Å². The Balaban J connectivity index is 2.09. The lowest BCUT2D eigenvalue weighted by molar-refractivity contribution is -0.116. The Hall–Kier alpha value is -1.68. The molecule has 1 atom stereocenters. The van der Waals surface area contributed by atoms with Crippen molar-refractivity contribution in [2.45, 2.75) is 46.1 Å². The zero-order chi connectivity index (χ0) is 15.4. The summed E-state index contributed by atoms with van der Waals surface area (Å²) in [4.78, 5) is 25.7. The van der Waals surface area contributed by atoms with Gasteiger partial charge in [-0.25, -0.2) is 0 Å². The van der Waals surface area contributed by atoms with Crippen LogP contribution in [0.3, 0.4) is 0 Å². The van der Waals surface area contributed by atoms with Gasteiger partial charge in [0, 0.05) is 24.7 Å². The molecule has 0 bridgehead atoms. The molecule has 1 aliphatic rings. The molecule has 1 aliphatic heterocycles. The number of hydrogen-bond donors (Lipinski definition) is 1. The van der Waals surface area contributed by atoms with Gasteiger partial charge in [0.2, 0.25) is 5.91 Å². The van der Waals surface area contributed by atoms with E-state index >= 15 is 0 Å². The predicted octanol–water partition coefficient (Wildman–Crippen LogP) is 2.56. The maximum absolute atomic E-state index is 12.4. The van der Waals surface area contributed by atoms with E-state index in [1.807, 2.05) is 25.1 Å². The van der Waals surface area contributed by atoms with Gasteiger partial charge in [0.05, 0.1) is 6.04 Å². The fraction of sp³-hybridized carbons (Fsp3) is 0.529. The number of hydrogen-bond acceptors (Lipinski definition) is 3. The number of unbranched alkanes of at least 4 members (excludes halogenated alkanes) is 1. The van der Waals surface area contributed by atoms with Crippen molar-refractivity contribution < 1.29 is 9.59 Å². The largest absolute Gasteiger partial charge is 0.312 e. The van der Waals surface area contributed by atoms with Crippen LogP contribution in [0, 0.1) is 0 Å². The first-order valence-corrected chi connectivity index (χ1v) is 7.73. The molecular weight excluding hydrogens is 264 g/mol. The summed E-state index contributed by atoms with van der Waals surface area (Å²) in [7, 11) is 0. The zero-order valence-corrected chi connectivity index (χ0v) is 13.1. The second kappa shape index (κ2) is 6.85. The molecule has 114 valence electrons. The number of Topliss-reactive ketones (excluding diaryl/α,β-unsaturated/α-hetero) is 1. The molecule has 0 radical (unpaired) electrons. The van der Waals surface area contributed by atoms with Gasteiger partial charge >= 0.3 is 0 Å². The number of benzene rings is 1. The Bertz CT molecular complexity index is 540. The molecular formula is C17H24N2O2. The predicted molar refractivity (Wildman–Crippen MR) is 84.9 cm³/mol. The first kappa shape index (κ1) is 15.7. The molecule has 21 heavy (non-hydrogen) atoms. The quantitative estimate of drug-likeness (QED) is 0.646. The highest BCUT2D eigenvalue weighted by Gasteiger charge is 2.24. The lowest BCUT2D eigenvalue weighted by atomic mass is 10.0. The molecule has 4 heteroatoms. The van der Waals surface area contributed by atoms with Gasteiger partial charge in [0.15, 0.2) is 5.78 Å². The molecule has 1 amide bonds. The van der Waals surface area contributed by atoms with Gasteiger partial charge in [-0.1, -0.05) is 13.3 Å². The number of carbonyl (C=O) groups excluding carboxylic acids is 2. The van der Waals surface area contributed by atoms with Gasteiger partial charge in [-0.2, -0.15) is 0 Å². The van der Waals surface area contributed by atoms with E-state index in [2.05, 4.69) is 12.2 Å². The summed E-state index contributed by atoms with van der Waals surface area (Å²) in [6.07, 6.45) is 3.02. The molecule has 0 aliphatic carbocycles. The van der Waals surface area contributed by atoms with Crippen LogP contribution in [-0.2, 0) is 11.2 Å². The van der Waals surface area contributed by atoms with E-state index in [1.54, 1.807) is 11.8 Å². The molecule has 1 heterocycles. The Morgan fingerprint density at radius 1 is 1.38 bits per heavy atom. The van der Waals surface area contributed by atoms with Crippen LogP contribution in [-0.4, -0.2) is 30.8 Å². The Morgan fingerprint density at radius 3 is 2.81 bits per heavy atom. The lowest BCUT2D eigenvalue weighted by Crippen LogP contribution is -2.34. The fourth-order valence-electron chi connectivity index (χ4n) is 2.72. The molecule has 1 N–H and O–H groups in total. The second-order valence-electron chi connectivity index (χ2n) is 5.66. The van der Waals surface area contributed by atoms with Crippen LogP contribution in [0.15, 0.2) is 18.2 Å². The van der Waals surface area contributed by atoms with Crippen LogP contribution >= 0.6 is 0 Å². The number of rotatable bonds is 6. The monoisotopic (exact) mass is 288 g/mol. The van der Waals surface area contributed by atoms with Crippen molar-refractivity contribution in [2.24, 2.45) is 0 Å². The van der Waals surface area contributed by atoms with E-state index in [0.29, 0.717) is 6.54 Å². The Morgan fingerprint density at radius 2 is 2.14 bits per heavy atom. The first-order valence-electron chi connectivity index (χ1n) is 7.73. The number of ketones is 1. The number of nitrogens with one attached hydrogen (secondary N) is 1. The lowest BCUT2D eigenvalue weighted by Gasteiger charge is -2.16. The number of amides is 1. The van der Waals surface area contributed by atoms with Gasteiger partial charge in [-0.3, -0.25) is 9.59 Å². The minimum atomic E-state index is -0.167. The molecule has 2 rings (SSSR count). The number of nitrogens with zero attached hydrogens (tertiary/aromatic N) is 1. The van der Waals surface area contributed by atoms with Gasteiger partial charge in [0.1, 0.15) is 0 Å². The maximum atomic E-state index is 12.4. The third-order valence-corrected chi connectivity index (χ3v) is 4.01. The van der Waals surface area contributed by atoms with Crippen molar-refractivity contribution in [1.82, 2.24) is 5.32 Å². The van der Waals surface area contributed by atoms with E-state index < -0.39 is 0 Å². The summed E-state index contributed by atoms with van der Waals surface area (Å²) in [5, 5.41) is 3.26. The standard InChI is InChI=1S/C17H24N2O2/c1-4-5-9-18-12(2)17(21)15-6-7-16-14(11-15)8-10-19(16)13(3)20/h6-7,11-12,18H,4-5,8-10H2,1-3H3. The summed E-state index contributed by atoms with van der Waals surface area (Å²) in [5.41, 5.74) is 2.78. The third kappa shape index (κ3) is 3.50.